The summed E-state index contributed by atoms with van der Waals surface area (Å²) in [5, 5.41) is 9.08. The van der Waals surface area contributed by atoms with Crippen LogP contribution in [-0.4, -0.2) is 43.6 Å². The molecule has 0 spiro atoms. The summed E-state index contributed by atoms with van der Waals surface area (Å²) >= 11 is 1.46. The fourth-order valence-corrected chi connectivity index (χ4v) is 4.35. The van der Waals surface area contributed by atoms with E-state index in [1.165, 1.54) is 11.8 Å². The lowest BCUT2D eigenvalue weighted by Crippen LogP contribution is -2.31. The van der Waals surface area contributed by atoms with Crippen molar-refractivity contribution in [2.24, 2.45) is 7.05 Å². The van der Waals surface area contributed by atoms with E-state index in [0.717, 1.165) is 48.0 Å². The smallest absolute Gasteiger partial charge is 0.240 e. The molecule has 0 aliphatic carbocycles. The molecule has 1 amide bonds. The maximum Gasteiger partial charge on any atom is 0.240 e. The number of aromatic nitrogens is 4. The number of hydrogen-bond donors (Lipinski definition) is 0. The molecule has 0 bridgehead atoms. The van der Waals surface area contributed by atoms with Crippen molar-refractivity contribution in [2.45, 2.75) is 23.2 Å². The number of amides is 1. The molecule has 1 aliphatic heterocycles. The summed E-state index contributed by atoms with van der Waals surface area (Å²) in [7, 11) is 1.93. The first-order valence-electron chi connectivity index (χ1n) is 9.04. The second kappa shape index (κ2) is 7.92. The van der Waals surface area contributed by atoms with Gasteiger partial charge < -0.3 is 9.47 Å². The fourth-order valence-electron chi connectivity index (χ4n) is 3.27. The van der Waals surface area contributed by atoms with Gasteiger partial charge in [-0.25, -0.2) is 0 Å². The summed E-state index contributed by atoms with van der Waals surface area (Å²) in [5.41, 5.74) is 1.95. The maximum atomic E-state index is 13.2. The molecule has 2 aromatic heterocycles. The number of rotatable bonds is 5. The van der Waals surface area contributed by atoms with Gasteiger partial charge in [0.2, 0.25) is 5.91 Å². The fraction of sp³-hybridized carbons (Fsp3) is 0.300. The first kappa shape index (κ1) is 17.7. The summed E-state index contributed by atoms with van der Waals surface area (Å²) in [6.45, 7) is 1.67. The Morgan fingerprint density at radius 3 is 2.44 bits per heavy atom. The molecule has 1 aliphatic rings. The molecule has 1 fully saturated rings. The van der Waals surface area contributed by atoms with Gasteiger partial charge in [0, 0.05) is 38.1 Å². The Kier molecular flexibility index (Phi) is 5.20. The number of hydrogen-bond acceptors (Lipinski definition) is 5. The third kappa shape index (κ3) is 3.73. The van der Waals surface area contributed by atoms with Gasteiger partial charge in [0.25, 0.3) is 0 Å². The Balaban J connectivity index is 1.64. The number of pyridine rings is 1. The van der Waals surface area contributed by atoms with Crippen LogP contribution in [0, 0.1) is 0 Å². The molecule has 0 N–H and O–H groups in total. The highest BCUT2D eigenvalue weighted by molar-refractivity contribution is 8.00. The number of likely N-dealkylation sites (tertiary alicyclic amines) is 1. The van der Waals surface area contributed by atoms with Crippen LogP contribution >= 0.6 is 11.8 Å². The minimum atomic E-state index is -0.322. The molecule has 27 heavy (non-hydrogen) atoms. The van der Waals surface area contributed by atoms with Gasteiger partial charge >= 0.3 is 0 Å². The van der Waals surface area contributed by atoms with E-state index >= 15 is 0 Å². The van der Waals surface area contributed by atoms with Crippen LogP contribution in [0.3, 0.4) is 0 Å². The van der Waals surface area contributed by atoms with Crippen molar-refractivity contribution in [2.75, 3.05) is 13.1 Å². The first-order chi connectivity index (χ1) is 13.2. The molecule has 3 aromatic rings. The Hall–Kier alpha value is -2.67. The molecule has 1 saturated heterocycles. The van der Waals surface area contributed by atoms with E-state index in [2.05, 4.69) is 15.2 Å². The van der Waals surface area contributed by atoms with E-state index in [0.29, 0.717) is 0 Å². The molecule has 0 unspecified atom stereocenters. The summed E-state index contributed by atoms with van der Waals surface area (Å²) < 4.78 is 1.94. The van der Waals surface area contributed by atoms with Gasteiger partial charge in [0.05, 0.1) is 0 Å². The largest absolute Gasteiger partial charge is 0.341 e. The van der Waals surface area contributed by atoms with Crippen molar-refractivity contribution in [3.8, 4) is 11.4 Å². The predicted octanol–water partition coefficient (Wildman–Crippen LogP) is 3.33. The van der Waals surface area contributed by atoms with Crippen molar-refractivity contribution < 1.29 is 4.79 Å². The normalized spacial score (nSPS) is 15.1. The lowest BCUT2D eigenvalue weighted by Gasteiger charge is -2.22. The number of benzene rings is 1. The van der Waals surface area contributed by atoms with Crippen LogP contribution in [0.15, 0.2) is 60.0 Å². The minimum Gasteiger partial charge on any atom is -0.341 e. The highest BCUT2D eigenvalue weighted by Crippen LogP contribution is 2.37. The lowest BCUT2D eigenvalue weighted by molar-refractivity contribution is -0.129. The SMILES string of the molecule is Cn1c(S[C@@H](C(=O)N2CCCC2)c2ccccc2)nnc1-c1ccncc1. The van der Waals surface area contributed by atoms with E-state index in [1.807, 2.05) is 59.0 Å². The zero-order valence-electron chi connectivity index (χ0n) is 15.2. The molecule has 6 nitrogen and oxygen atoms in total. The van der Waals surface area contributed by atoms with E-state index < -0.39 is 0 Å². The summed E-state index contributed by atoms with van der Waals surface area (Å²) in [5.74, 6) is 0.914. The average molecular weight is 379 g/mol. The molecular formula is C20H21N5OS. The molecular weight excluding hydrogens is 358 g/mol. The van der Waals surface area contributed by atoms with E-state index in [-0.39, 0.29) is 11.2 Å². The molecule has 0 saturated carbocycles. The van der Waals surface area contributed by atoms with Crippen LogP contribution in [0.1, 0.15) is 23.7 Å². The van der Waals surface area contributed by atoms with Crippen molar-refractivity contribution in [3.05, 3.63) is 60.4 Å². The summed E-state index contributed by atoms with van der Waals surface area (Å²) in [6, 6.07) is 13.7. The topological polar surface area (TPSA) is 63.9 Å². The Morgan fingerprint density at radius 2 is 1.74 bits per heavy atom. The molecule has 0 radical (unpaired) electrons. The van der Waals surface area contributed by atoms with Gasteiger partial charge in [0.15, 0.2) is 11.0 Å². The van der Waals surface area contributed by atoms with Gasteiger partial charge in [-0.1, -0.05) is 42.1 Å². The van der Waals surface area contributed by atoms with Crippen molar-refractivity contribution in [1.82, 2.24) is 24.6 Å². The average Bonchev–Trinajstić information content (AvgIpc) is 3.37. The predicted molar refractivity (Wildman–Crippen MR) is 105 cm³/mol. The van der Waals surface area contributed by atoms with Crippen LogP contribution in [0.25, 0.3) is 11.4 Å². The van der Waals surface area contributed by atoms with Gasteiger partial charge in [-0.15, -0.1) is 10.2 Å². The van der Waals surface area contributed by atoms with Gasteiger partial charge in [-0.3, -0.25) is 9.78 Å². The number of carbonyl (C=O) groups is 1. The molecule has 3 heterocycles. The monoisotopic (exact) mass is 379 g/mol. The van der Waals surface area contributed by atoms with E-state index in [4.69, 9.17) is 0 Å². The molecule has 138 valence electrons. The van der Waals surface area contributed by atoms with Crippen LogP contribution in [0.5, 0.6) is 0 Å². The third-order valence-electron chi connectivity index (χ3n) is 4.74. The van der Waals surface area contributed by atoms with Crippen molar-refractivity contribution in [3.63, 3.8) is 0 Å². The standard InChI is InChI=1S/C20H21N5OS/c1-24-18(16-9-11-21-12-10-16)22-23-20(24)27-17(15-7-3-2-4-8-15)19(26)25-13-5-6-14-25/h2-4,7-12,17H,5-6,13-14H2,1H3/t17-/m1/s1. The zero-order valence-corrected chi connectivity index (χ0v) is 16.0. The summed E-state index contributed by atoms with van der Waals surface area (Å²) in [4.78, 5) is 19.2. The van der Waals surface area contributed by atoms with Gasteiger partial charge in [0.1, 0.15) is 5.25 Å². The van der Waals surface area contributed by atoms with E-state index in [9.17, 15) is 4.79 Å². The van der Waals surface area contributed by atoms with Crippen LogP contribution < -0.4 is 0 Å². The highest BCUT2D eigenvalue weighted by atomic mass is 32.2. The quantitative estimate of drug-likeness (QED) is 0.636. The maximum absolute atomic E-state index is 13.2. The number of nitrogens with zero attached hydrogens (tertiary/aromatic N) is 5. The van der Waals surface area contributed by atoms with Crippen molar-refractivity contribution >= 4 is 17.7 Å². The second-order valence-electron chi connectivity index (χ2n) is 6.54. The van der Waals surface area contributed by atoms with Gasteiger partial charge in [-0.2, -0.15) is 0 Å². The second-order valence-corrected chi connectivity index (χ2v) is 7.61. The molecule has 1 atom stereocenters. The Bertz CT molecular complexity index is 907. The van der Waals surface area contributed by atoms with Crippen LogP contribution in [-0.2, 0) is 11.8 Å². The van der Waals surface area contributed by atoms with E-state index in [1.54, 1.807) is 12.4 Å². The number of thioether (sulfide) groups is 1. The minimum absolute atomic E-state index is 0.150. The lowest BCUT2D eigenvalue weighted by atomic mass is 10.1. The Labute approximate surface area is 162 Å². The first-order valence-corrected chi connectivity index (χ1v) is 9.92. The number of carbonyl (C=O) groups excluding carboxylic acids is 1. The third-order valence-corrected chi connectivity index (χ3v) is 6.02. The summed E-state index contributed by atoms with van der Waals surface area (Å²) in [6.07, 6.45) is 5.63. The van der Waals surface area contributed by atoms with Gasteiger partial charge in [-0.05, 0) is 30.5 Å². The molecule has 7 heteroatoms. The van der Waals surface area contributed by atoms with Crippen LogP contribution in [0.2, 0.25) is 0 Å². The van der Waals surface area contributed by atoms with Crippen molar-refractivity contribution in [1.29, 1.82) is 0 Å². The highest BCUT2D eigenvalue weighted by Gasteiger charge is 2.30. The van der Waals surface area contributed by atoms with Crippen LogP contribution in [0.4, 0.5) is 0 Å². The molecule has 4 rings (SSSR count). The zero-order chi connectivity index (χ0) is 18.6. The molecule has 1 aromatic carbocycles. The Morgan fingerprint density at radius 1 is 1.04 bits per heavy atom.